The lowest BCUT2D eigenvalue weighted by atomic mass is 10.1. The standard InChI is InChI=1S/C13H13Cl2N5O2S/c14-10-3-4-12-11(6-10)9(7-16-12)2-1-5-18-23(21,22)13-8-17-20(15)19-13/h3-4,6-8,16,18H,1-2,5H2. The largest absolute Gasteiger partial charge is 0.361 e. The van der Waals surface area contributed by atoms with Crippen molar-refractivity contribution >= 4 is 44.3 Å². The van der Waals surface area contributed by atoms with E-state index in [-0.39, 0.29) is 11.6 Å². The summed E-state index contributed by atoms with van der Waals surface area (Å²) in [5.74, 6) is 0. The molecule has 0 saturated heterocycles. The molecular weight excluding hydrogens is 361 g/mol. The molecule has 0 radical (unpaired) electrons. The van der Waals surface area contributed by atoms with E-state index in [1.165, 1.54) is 0 Å². The number of nitrogens with zero attached hydrogens (tertiary/aromatic N) is 3. The van der Waals surface area contributed by atoms with Crippen LogP contribution in [0.25, 0.3) is 10.9 Å². The molecule has 23 heavy (non-hydrogen) atoms. The molecule has 1 aromatic carbocycles. The zero-order chi connectivity index (χ0) is 16.4. The lowest BCUT2D eigenvalue weighted by molar-refractivity contribution is 0.574. The van der Waals surface area contributed by atoms with Gasteiger partial charge < -0.3 is 4.98 Å². The van der Waals surface area contributed by atoms with Crippen molar-refractivity contribution < 1.29 is 8.42 Å². The van der Waals surface area contributed by atoms with Crippen LogP contribution in [-0.4, -0.2) is 34.5 Å². The molecule has 2 aromatic heterocycles. The second-order valence-corrected chi connectivity index (χ2v) is 7.38. The van der Waals surface area contributed by atoms with Gasteiger partial charge in [0.15, 0.2) is 0 Å². The van der Waals surface area contributed by atoms with E-state index >= 15 is 0 Å². The molecule has 10 heteroatoms. The third kappa shape index (κ3) is 3.66. The van der Waals surface area contributed by atoms with Gasteiger partial charge in [0.05, 0.1) is 18.0 Å². The number of sulfonamides is 1. The van der Waals surface area contributed by atoms with Gasteiger partial charge in [-0.2, -0.15) is 0 Å². The van der Waals surface area contributed by atoms with Crippen LogP contribution in [-0.2, 0) is 16.4 Å². The summed E-state index contributed by atoms with van der Waals surface area (Å²) in [4.78, 5) is 3.17. The number of aromatic amines is 1. The summed E-state index contributed by atoms with van der Waals surface area (Å²) in [6, 6.07) is 5.63. The Bertz CT molecular complexity index is 935. The van der Waals surface area contributed by atoms with Gasteiger partial charge in [-0.05, 0) is 36.6 Å². The summed E-state index contributed by atoms with van der Waals surface area (Å²) in [5, 5.41) is 8.61. The molecule has 0 fully saturated rings. The van der Waals surface area contributed by atoms with Crippen LogP contribution in [0.1, 0.15) is 12.0 Å². The molecule has 0 spiro atoms. The smallest absolute Gasteiger partial charge is 0.261 e. The molecule has 2 heterocycles. The molecule has 0 unspecified atom stereocenters. The number of fused-ring (bicyclic) bond motifs is 1. The Hall–Kier alpha value is -1.61. The molecule has 3 aromatic rings. The molecule has 0 aliphatic rings. The normalized spacial score (nSPS) is 12.1. The number of aryl methyl sites for hydroxylation is 1. The first kappa shape index (κ1) is 16.3. The van der Waals surface area contributed by atoms with Crippen LogP contribution in [0.4, 0.5) is 0 Å². The van der Waals surface area contributed by atoms with Crippen LogP contribution in [0.2, 0.25) is 5.02 Å². The molecule has 0 bridgehead atoms. The fourth-order valence-corrected chi connectivity index (χ4v) is 3.54. The zero-order valence-electron chi connectivity index (χ0n) is 11.8. The maximum Gasteiger partial charge on any atom is 0.261 e. The number of halogens is 2. The molecule has 0 amide bonds. The van der Waals surface area contributed by atoms with Crippen LogP contribution in [0, 0.1) is 0 Å². The molecular formula is C13H13Cl2N5O2S. The van der Waals surface area contributed by atoms with E-state index in [2.05, 4.69) is 19.9 Å². The second kappa shape index (κ2) is 6.48. The number of benzene rings is 1. The summed E-state index contributed by atoms with van der Waals surface area (Å²) >= 11 is 11.5. The van der Waals surface area contributed by atoms with Crippen molar-refractivity contribution in [3.05, 3.63) is 41.2 Å². The lowest BCUT2D eigenvalue weighted by Gasteiger charge is -2.03. The summed E-state index contributed by atoms with van der Waals surface area (Å²) in [6.07, 6.45) is 4.35. The van der Waals surface area contributed by atoms with Crippen LogP contribution in [0.15, 0.2) is 35.6 Å². The van der Waals surface area contributed by atoms with Crippen molar-refractivity contribution in [1.82, 2.24) is 24.2 Å². The van der Waals surface area contributed by atoms with Crippen LogP contribution in [0.5, 0.6) is 0 Å². The number of hydrogen-bond donors (Lipinski definition) is 2. The maximum atomic E-state index is 12.0. The fraction of sp³-hybridized carbons (Fsp3) is 0.231. The quantitative estimate of drug-likeness (QED) is 0.648. The first-order valence-electron chi connectivity index (χ1n) is 6.79. The summed E-state index contributed by atoms with van der Waals surface area (Å²) < 4.78 is 27.1. The van der Waals surface area contributed by atoms with E-state index < -0.39 is 10.0 Å². The van der Waals surface area contributed by atoms with Gasteiger partial charge >= 0.3 is 0 Å². The Morgan fingerprint density at radius 2 is 2.17 bits per heavy atom. The Morgan fingerprint density at radius 1 is 1.35 bits per heavy atom. The molecule has 2 N–H and O–H groups in total. The Balaban J connectivity index is 1.60. The van der Waals surface area contributed by atoms with E-state index in [1.54, 1.807) is 0 Å². The van der Waals surface area contributed by atoms with Crippen molar-refractivity contribution in [2.45, 2.75) is 17.9 Å². The predicted octanol–water partition coefficient (Wildman–Crippen LogP) is 2.33. The zero-order valence-corrected chi connectivity index (χ0v) is 14.2. The van der Waals surface area contributed by atoms with Gasteiger partial charge in [0, 0.05) is 28.7 Å². The average Bonchev–Trinajstić information content (AvgIpc) is 3.10. The van der Waals surface area contributed by atoms with Crippen molar-refractivity contribution in [1.29, 1.82) is 0 Å². The van der Waals surface area contributed by atoms with E-state index in [0.717, 1.165) is 22.7 Å². The highest BCUT2D eigenvalue weighted by Gasteiger charge is 2.17. The highest BCUT2D eigenvalue weighted by Crippen LogP contribution is 2.23. The Morgan fingerprint density at radius 3 is 2.91 bits per heavy atom. The van der Waals surface area contributed by atoms with Gasteiger partial charge in [0.2, 0.25) is 5.03 Å². The van der Waals surface area contributed by atoms with Crippen LogP contribution >= 0.6 is 23.4 Å². The Labute approximate surface area is 142 Å². The van der Waals surface area contributed by atoms with Crippen molar-refractivity contribution in [2.75, 3.05) is 6.54 Å². The number of nitrogens with one attached hydrogen (secondary N) is 2. The predicted molar refractivity (Wildman–Crippen MR) is 88.1 cm³/mol. The summed E-state index contributed by atoms with van der Waals surface area (Å²) in [7, 11) is -3.69. The van der Waals surface area contributed by atoms with Gasteiger partial charge in [0.25, 0.3) is 10.0 Å². The lowest BCUT2D eigenvalue weighted by Crippen LogP contribution is -2.25. The van der Waals surface area contributed by atoms with E-state index in [1.807, 2.05) is 24.4 Å². The third-order valence-corrected chi connectivity index (χ3v) is 5.08. The summed E-state index contributed by atoms with van der Waals surface area (Å²) in [5.41, 5.74) is 2.09. The molecule has 0 saturated carbocycles. The van der Waals surface area contributed by atoms with E-state index in [4.69, 9.17) is 23.4 Å². The number of aromatic nitrogens is 4. The highest BCUT2D eigenvalue weighted by molar-refractivity contribution is 7.89. The van der Waals surface area contributed by atoms with Crippen LogP contribution < -0.4 is 4.72 Å². The van der Waals surface area contributed by atoms with E-state index in [9.17, 15) is 8.42 Å². The number of rotatable bonds is 6. The summed E-state index contributed by atoms with van der Waals surface area (Å²) in [6.45, 7) is 0.282. The minimum absolute atomic E-state index is 0.202. The fourth-order valence-electron chi connectivity index (χ4n) is 2.27. The van der Waals surface area contributed by atoms with Gasteiger partial charge in [-0.3, -0.25) is 0 Å². The molecule has 7 nitrogen and oxygen atoms in total. The van der Waals surface area contributed by atoms with Gasteiger partial charge in [-0.1, -0.05) is 15.9 Å². The van der Waals surface area contributed by atoms with Gasteiger partial charge in [-0.15, -0.1) is 10.2 Å². The maximum absolute atomic E-state index is 12.0. The first-order valence-corrected chi connectivity index (χ1v) is 8.99. The topological polar surface area (TPSA) is 92.7 Å². The minimum atomic E-state index is -3.69. The molecule has 122 valence electrons. The molecule has 0 atom stereocenters. The van der Waals surface area contributed by atoms with Crippen molar-refractivity contribution in [2.24, 2.45) is 0 Å². The average molecular weight is 374 g/mol. The number of H-pyrrole nitrogens is 1. The van der Waals surface area contributed by atoms with Gasteiger partial charge in [-0.25, -0.2) is 13.1 Å². The van der Waals surface area contributed by atoms with Gasteiger partial charge in [0.1, 0.15) is 0 Å². The van der Waals surface area contributed by atoms with Crippen molar-refractivity contribution in [3.8, 4) is 0 Å². The molecule has 3 rings (SSSR count). The van der Waals surface area contributed by atoms with E-state index in [0.29, 0.717) is 22.2 Å². The molecule has 0 aliphatic carbocycles. The third-order valence-electron chi connectivity index (χ3n) is 3.36. The second-order valence-electron chi connectivity index (χ2n) is 4.93. The van der Waals surface area contributed by atoms with Crippen LogP contribution in [0.3, 0.4) is 0 Å². The first-order chi connectivity index (χ1) is 11.0. The van der Waals surface area contributed by atoms with Crippen molar-refractivity contribution in [3.63, 3.8) is 0 Å². The monoisotopic (exact) mass is 373 g/mol. The SMILES string of the molecule is O=S(=O)(NCCCc1c[nH]c2ccc(Cl)cc12)c1cnn(Cl)n1. The Kier molecular flexibility index (Phi) is 4.58. The minimum Gasteiger partial charge on any atom is -0.361 e. The highest BCUT2D eigenvalue weighted by atomic mass is 35.5. The molecule has 0 aliphatic heterocycles. The number of hydrogen-bond acceptors (Lipinski definition) is 4.